The first kappa shape index (κ1) is 35.7. The zero-order valence-corrected chi connectivity index (χ0v) is 30.4. The minimum Gasteiger partial charge on any atom is -0.480 e. The fourth-order valence-electron chi connectivity index (χ4n) is 7.83. The number of hydrogen-bond donors (Lipinski definition) is 1. The fraction of sp³-hybridized carbons (Fsp3) is 0.317. The predicted molar refractivity (Wildman–Crippen MR) is 199 cm³/mol. The molecule has 13 heteroatoms. The summed E-state index contributed by atoms with van der Waals surface area (Å²) in [5.74, 6) is 0.155. The lowest BCUT2D eigenvalue weighted by atomic mass is 9.95. The van der Waals surface area contributed by atoms with Crippen LogP contribution in [0, 0.1) is 24.2 Å². The van der Waals surface area contributed by atoms with Gasteiger partial charge in [-0.05, 0) is 92.2 Å². The van der Waals surface area contributed by atoms with Gasteiger partial charge in [-0.1, -0.05) is 42.8 Å². The Morgan fingerprint density at radius 1 is 1.00 bits per heavy atom. The van der Waals surface area contributed by atoms with Crippen molar-refractivity contribution in [3.8, 4) is 45.9 Å². The summed E-state index contributed by atoms with van der Waals surface area (Å²) in [6, 6.07) is 19.6. The summed E-state index contributed by atoms with van der Waals surface area (Å²) in [4.78, 5) is 25.4. The largest absolute Gasteiger partial charge is 0.480 e. The van der Waals surface area contributed by atoms with Gasteiger partial charge < -0.3 is 18.7 Å². The van der Waals surface area contributed by atoms with Gasteiger partial charge in [-0.2, -0.15) is 14.0 Å². The van der Waals surface area contributed by atoms with Gasteiger partial charge >= 0.3 is 12.6 Å². The molecule has 2 saturated heterocycles. The van der Waals surface area contributed by atoms with Crippen LogP contribution in [0.4, 0.5) is 8.78 Å². The Hall–Kier alpha value is -5.35. The predicted octanol–water partition coefficient (Wildman–Crippen LogP) is 9.30. The molecule has 6 aromatic rings. The van der Waals surface area contributed by atoms with E-state index in [1.54, 1.807) is 17.0 Å². The molecule has 2 aliphatic rings. The van der Waals surface area contributed by atoms with E-state index >= 15 is 0 Å². The maximum absolute atomic E-state index is 13.5. The smallest absolute Gasteiger partial charge is 0.387 e. The van der Waals surface area contributed by atoms with Gasteiger partial charge in [0.2, 0.25) is 11.8 Å². The monoisotopic (exact) mass is 751 g/mol. The van der Waals surface area contributed by atoms with Crippen LogP contribution in [0.25, 0.3) is 56.2 Å². The average Bonchev–Trinajstić information content (AvgIpc) is 3.95. The molecule has 2 atom stereocenters. The van der Waals surface area contributed by atoms with Crippen molar-refractivity contribution in [1.29, 1.82) is 5.26 Å². The first-order valence-corrected chi connectivity index (χ1v) is 18.2. The highest BCUT2D eigenvalue weighted by Crippen LogP contribution is 2.42. The number of halogens is 3. The van der Waals surface area contributed by atoms with Crippen LogP contribution < -0.4 is 4.74 Å². The van der Waals surface area contributed by atoms with Crippen molar-refractivity contribution in [3.63, 3.8) is 0 Å². The lowest BCUT2D eigenvalue weighted by molar-refractivity contribution is -0.142. The summed E-state index contributed by atoms with van der Waals surface area (Å²) in [5, 5.41) is 20.0. The molecule has 4 aromatic carbocycles. The summed E-state index contributed by atoms with van der Waals surface area (Å²) in [7, 11) is 0. The second kappa shape index (κ2) is 14.5. The standard InChI is InChI=1S/C41H36ClF2N5O5/c1-22-11-13-48(19-22)20-24-14-25(18-45)37-32(15-24)47-38(54-37)28-7-3-6-27(23(28)2)29-8-4-9-30(36(29)42)39-46-31-16-26(21-49-12-5-10-33(49)40(50)51)34(53-41(43)44)17-35(31)52-39/h3-4,6-9,14-17,22,33,41H,5,10-13,19-21H2,1-2H3,(H,50,51)/t22-,33-/m0/s1. The minimum atomic E-state index is -3.09. The van der Waals surface area contributed by atoms with Crippen molar-refractivity contribution in [2.45, 2.75) is 58.9 Å². The molecular weight excluding hydrogens is 716 g/mol. The molecule has 10 nitrogen and oxygen atoms in total. The van der Waals surface area contributed by atoms with Crippen LogP contribution in [0.5, 0.6) is 5.75 Å². The van der Waals surface area contributed by atoms with E-state index in [2.05, 4.69) is 22.9 Å². The number of nitrogens with zero attached hydrogens (tertiary/aromatic N) is 5. The summed E-state index contributed by atoms with van der Waals surface area (Å²) in [6.07, 6.45) is 2.33. The van der Waals surface area contributed by atoms with Gasteiger partial charge in [-0.25, -0.2) is 9.97 Å². The van der Waals surface area contributed by atoms with E-state index < -0.39 is 18.6 Å². The Balaban J connectivity index is 1.13. The molecule has 54 heavy (non-hydrogen) atoms. The van der Waals surface area contributed by atoms with Gasteiger partial charge in [0.25, 0.3) is 0 Å². The molecule has 0 bridgehead atoms. The van der Waals surface area contributed by atoms with Crippen LogP contribution in [-0.4, -0.2) is 63.1 Å². The van der Waals surface area contributed by atoms with E-state index in [9.17, 15) is 23.9 Å². The molecule has 0 aliphatic carbocycles. The number of aromatic nitrogens is 2. The van der Waals surface area contributed by atoms with E-state index in [-0.39, 0.29) is 23.8 Å². The number of carboxylic acid groups (broad SMARTS) is 1. The third-order valence-electron chi connectivity index (χ3n) is 10.5. The molecule has 2 fully saturated rings. The summed E-state index contributed by atoms with van der Waals surface area (Å²) >= 11 is 7.10. The zero-order chi connectivity index (χ0) is 37.7. The third kappa shape index (κ3) is 6.79. The van der Waals surface area contributed by atoms with E-state index in [0.717, 1.165) is 48.3 Å². The lowest BCUT2D eigenvalue weighted by Crippen LogP contribution is -2.35. The van der Waals surface area contributed by atoms with Crippen molar-refractivity contribution in [3.05, 3.63) is 87.9 Å². The quantitative estimate of drug-likeness (QED) is 0.145. The Kier molecular flexibility index (Phi) is 9.56. The molecule has 276 valence electrons. The van der Waals surface area contributed by atoms with Crippen molar-refractivity contribution >= 4 is 39.8 Å². The maximum atomic E-state index is 13.5. The molecule has 0 unspecified atom stereocenters. The number of hydrogen-bond acceptors (Lipinski definition) is 9. The topological polar surface area (TPSA) is 129 Å². The zero-order valence-electron chi connectivity index (χ0n) is 29.6. The van der Waals surface area contributed by atoms with Crippen LogP contribution in [0.3, 0.4) is 0 Å². The highest BCUT2D eigenvalue weighted by molar-refractivity contribution is 6.36. The summed E-state index contributed by atoms with van der Waals surface area (Å²) < 4.78 is 44.2. The minimum absolute atomic E-state index is 0.0973. The number of carboxylic acids is 1. The molecule has 2 aromatic heterocycles. The molecule has 1 N–H and O–H groups in total. The number of oxazole rings is 2. The number of fused-ring (bicyclic) bond motifs is 2. The first-order chi connectivity index (χ1) is 26.1. The Labute approximate surface area is 314 Å². The van der Waals surface area contributed by atoms with Crippen molar-refractivity contribution < 1.29 is 32.3 Å². The lowest BCUT2D eigenvalue weighted by Gasteiger charge is -2.22. The SMILES string of the molecule is Cc1c(-c2nc3cc(CN4CC[C@H](C)C4)cc(C#N)c3o2)cccc1-c1cccc(-c2nc3cc(CN4CCC[C@H]4C(=O)O)c(OC(F)F)cc3o2)c1Cl. The van der Waals surface area contributed by atoms with Crippen LogP contribution >= 0.6 is 11.6 Å². The van der Waals surface area contributed by atoms with Crippen LogP contribution in [-0.2, 0) is 17.9 Å². The first-order valence-electron chi connectivity index (χ1n) is 17.9. The van der Waals surface area contributed by atoms with Gasteiger partial charge in [0.05, 0.1) is 16.1 Å². The molecule has 0 radical (unpaired) electrons. The molecule has 8 rings (SSSR count). The molecule has 4 heterocycles. The highest BCUT2D eigenvalue weighted by Gasteiger charge is 2.32. The molecule has 0 spiro atoms. The van der Waals surface area contributed by atoms with Gasteiger partial charge in [0.15, 0.2) is 11.2 Å². The van der Waals surface area contributed by atoms with E-state index in [4.69, 9.17) is 30.2 Å². The summed E-state index contributed by atoms with van der Waals surface area (Å²) in [6.45, 7) is 4.53. The van der Waals surface area contributed by atoms with E-state index in [1.165, 1.54) is 6.07 Å². The van der Waals surface area contributed by atoms with Crippen LogP contribution in [0.2, 0.25) is 5.02 Å². The molecule has 0 amide bonds. The second-order valence-corrected chi connectivity index (χ2v) is 14.6. The third-order valence-corrected chi connectivity index (χ3v) is 10.9. The Morgan fingerprint density at radius 3 is 2.48 bits per heavy atom. The van der Waals surface area contributed by atoms with Crippen molar-refractivity contribution in [2.75, 3.05) is 19.6 Å². The molecule has 2 aliphatic heterocycles. The van der Waals surface area contributed by atoms with E-state index in [1.807, 2.05) is 49.4 Å². The summed E-state index contributed by atoms with van der Waals surface area (Å²) in [5.41, 5.74) is 7.10. The van der Waals surface area contributed by atoms with Crippen LogP contribution in [0.15, 0.2) is 69.5 Å². The number of ether oxygens (including phenoxy) is 1. The normalized spacial score (nSPS) is 17.9. The molecule has 0 saturated carbocycles. The van der Waals surface area contributed by atoms with E-state index in [0.29, 0.717) is 75.1 Å². The fourth-order valence-corrected chi connectivity index (χ4v) is 8.14. The number of carbonyl (C=O) groups is 1. The van der Waals surface area contributed by atoms with Crippen molar-refractivity contribution in [2.24, 2.45) is 5.92 Å². The average molecular weight is 752 g/mol. The molecular formula is C41H36ClF2N5O5. The van der Waals surface area contributed by atoms with Gasteiger partial charge in [0, 0.05) is 42.4 Å². The van der Waals surface area contributed by atoms with Gasteiger partial charge in [-0.3, -0.25) is 14.6 Å². The number of benzene rings is 4. The number of likely N-dealkylation sites (tertiary alicyclic amines) is 2. The number of rotatable bonds is 10. The number of nitriles is 1. The van der Waals surface area contributed by atoms with Crippen molar-refractivity contribution in [1.82, 2.24) is 19.8 Å². The number of aliphatic carboxylic acids is 1. The number of alkyl halides is 2. The Bertz CT molecular complexity index is 2460. The van der Waals surface area contributed by atoms with Gasteiger partial charge in [-0.15, -0.1) is 0 Å². The maximum Gasteiger partial charge on any atom is 0.387 e. The van der Waals surface area contributed by atoms with Gasteiger partial charge in [0.1, 0.15) is 28.9 Å². The highest BCUT2D eigenvalue weighted by atomic mass is 35.5. The Morgan fingerprint density at radius 2 is 1.74 bits per heavy atom. The second-order valence-electron chi connectivity index (χ2n) is 14.2. The van der Waals surface area contributed by atoms with Crippen LogP contribution in [0.1, 0.15) is 48.4 Å².